The van der Waals surface area contributed by atoms with Gasteiger partial charge in [0.1, 0.15) is 0 Å². The van der Waals surface area contributed by atoms with E-state index < -0.39 is 5.91 Å². The molecule has 6 heteroatoms. The van der Waals surface area contributed by atoms with Gasteiger partial charge in [-0.15, -0.1) is 0 Å². The number of hydrogen-bond acceptors (Lipinski definition) is 4. The second-order valence-corrected chi connectivity index (χ2v) is 5.08. The normalized spacial score (nSPS) is 10.8. The van der Waals surface area contributed by atoms with Gasteiger partial charge in [-0.1, -0.05) is 24.9 Å². The fourth-order valence-electron chi connectivity index (χ4n) is 1.96. The molecule has 0 radical (unpaired) electrons. The topological polar surface area (TPSA) is 75.8 Å². The first-order chi connectivity index (χ1) is 9.47. The zero-order chi connectivity index (χ0) is 15.1. The van der Waals surface area contributed by atoms with Crippen LogP contribution < -0.4 is 10.5 Å². The van der Waals surface area contributed by atoms with E-state index in [1.165, 1.54) is 7.11 Å². The van der Waals surface area contributed by atoms with E-state index in [-0.39, 0.29) is 12.3 Å². The Morgan fingerprint density at radius 1 is 1.50 bits per heavy atom. The fourth-order valence-corrected chi connectivity index (χ4v) is 2.19. The van der Waals surface area contributed by atoms with Crippen LogP contribution in [0, 0.1) is 0 Å². The summed E-state index contributed by atoms with van der Waals surface area (Å²) in [5.74, 6) is -0.0283. The lowest BCUT2D eigenvalue weighted by Crippen LogP contribution is -2.34. The van der Waals surface area contributed by atoms with Gasteiger partial charge in [-0.25, -0.2) is 0 Å². The molecule has 20 heavy (non-hydrogen) atoms. The maximum atomic E-state index is 11.1. The first-order valence-electron chi connectivity index (χ1n) is 6.54. The molecule has 1 aromatic carbocycles. The molecule has 0 bridgehead atoms. The van der Waals surface area contributed by atoms with Crippen LogP contribution >= 0.6 is 11.6 Å². The maximum Gasteiger partial charge on any atom is 0.231 e. The molecule has 0 aromatic heterocycles. The van der Waals surface area contributed by atoms with Crippen LogP contribution in [0.2, 0.25) is 5.02 Å². The quantitative estimate of drug-likeness (QED) is 0.771. The number of rotatable bonds is 8. The SMILES string of the molecule is CCCCN(CC(N)=O)Cc1cc(Cl)cc(OC)c1O. The van der Waals surface area contributed by atoms with Gasteiger partial charge in [0.15, 0.2) is 11.5 Å². The van der Waals surface area contributed by atoms with Gasteiger partial charge in [-0.05, 0) is 19.0 Å². The van der Waals surface area contributed by atoms with E-state index in [1.54, 1.807) is 12.1 Å². The highest BCUT2D eigenvalue weighted by Crippen LogP contribution is 2.34. The molecule has 3 N–H and O–H groups in total. The van der Waals surface area contributed by atoms with E-state index in [2.05, 4.69) is 6.92 Å². The van der Waals surface area contributed by atoms with Gasteiger partial charge in [0.05, 0.1) is 13.7 Å². The summed E-state index contributed by atoms with van der Waals surface area (Å²) in [5.41, 5.74) is 5.87. The standard InChI is InChI=1S/C14H21ClN2O3/c1-3-4-5-17(9-13(16)18)8-10-6-11(15)7-12(20-2)14(10)19/h6-7,19H,3-5,8-9H2,1-2H3,(H2,16,18). The summed E-state index contributed by atoms with van der Waals surface area (Å²) < 4.78 is 5.07. The lowest BCUT2D eigenvalue weighted by atomic mass is 10.1. The van der Waals surface area contributed by atoms with E-state index in [0.29, 0.717) is 22.9 Å². The molecule has 0 spiro atoms. The van der Waals surface area contributed by atoms with Crippen LogP contribution in [-0.2, 0) is 11.3 Å². The molecule has 1 rings (SSSR count). The minimum atomic E-state index is -0.394. The Bertz CT molecular complexity index is 466. The molecule has 0 atom stereocenters. The summed E-state index contributed by atoms with van der Waals surface area (Å²) >= 11 is 5.99. The number of hydrogen-bond donors (Lipinski definition) is 2. The summed E-state index contributed by atoms with van der Waals surface area (Å²) in [6.07, 6.45) is 1.96. The van der Waals surface area contributed by atoms with Crippen molar-refractivity contribution >= 4 is 17.5 Å². The molecule has 1 aromatic rings. The Hall–Kier alpha value is -1.46. The number of halogens is 1. The number of ether oxygens (including phenoxy) is 1. The zero-order valence-electron chi connectivity index (χ0n) is 11.9. The molecule has 0 aliphatic heterocycles. The number of unbranched alkanes of at least 4 members (excludes halogenated alkanes) is 1. The van der Waals surface area contributed by atoms with Crippen molar-refractivity contribution in [2.45, 2.75) is 26.3 Å². The van der Waals surface area contributed by atoms with Crippen LogP contribution in [0.15, 0.2) is 12.1 Å². The van der Waals surface area contributed by atoms with Gasteiger partial charge < -0.3 is 15.6 Å². The highest BCUT2D eigenvalue weighted by molar-refractivity contribution is 6.30. The number of phenolic OH excluding ortho intramolecular Hbond substituents is 1. The molecular formula is C14H21ClN2O3. The third-order valence-corrected chi connectivity index (χ3v) is 3.16. The molecular weight excluding hydrogens is 280 g/mol. The zero-order valence-corrected chi connectivity index (χ0v) is 12.6. The number of primary amides is 1. The number of phenols is 1. The van der Waals surface area contributed by atoms with Gasteiger partial charge in [0.2, 0.25) is 5.91 Å². The van der Waals surface area contributed by atoms with E-state index in [0.717, 1.165) is 19.4 Å². The van der Waals surface area contributed by atoms with Crippen molar-refractivity contribution in [2.24, 2.45) is 5.73 Å². The fraction of sp³-hybridized carbons (Fsp3) is 0.500. The van der Waals surface area contributed by atoms with Gasteiger partial charge in [0, 0.05) is 23.2 Å². The summed E-state index contributed by atoms with van der Waals surface area (Å²) in [6, 6.07) is 3.21. The second-order valence-electron chi connectivity index (χ2n) is 4.65. The van der Waals surface area contributed by atoms with Crippen LogP contribution in [0.25, 0.3) is 0 Å². The van der Waals surface area contributed by atoms with Gasteiger partial charge in [0.25, 0.3) is 0 Å². The maximum absolute atomic E-state index is 11.1. The number of nitrogens with zero attached hydrogens (tertiary/aromatic N) is 1. The first-order valence-corrected chi connectivity index (χ1v) is 6.91. The number of carbonyl (C=O) groups excluding carboxylic acids is 1. The Labute approximate surface area is 124 Å². The molecule has 0 heterocycles. The molecule has 0 saturated heterocycles. The Balaban J connectivity index is 2.91. The monoisotopic (exact) mass is 300 g/mol. The van der Waals surface area contributed by atoms with E-state index >= 15 is 0 Å². The van der Waals surface area contributed by atoms with Gasteiger partial charge >= 0.3 is 0 Å². The molecule has 112 valence electrons. The third-order valence-electron chi connectivity index (χ3n) is 2.94. The van der Waals surface area contributed by atoms with Crippen LogP contribution in [0.5, 0.6) is 11.5 Å². The molecule has 0 aliphatic carbocycles. The van der Waals surface area contributed by atoms with E-state index in [9.17, 15) is 9.90 Å². The highest BCUT2D eigenvalue weighted by Gasteiger charge is 2.15. The number of carbonyl (C=O) groups is 1. The van der Waals surface area contributed by atoms with Crippen molar-refractivity contribution in [3.05, 3.63) is 22.7 Å². The lowest BCUT2D eigenvalue weighted by Gasteiger charge is -2.21. The average molecular weight is 301 g/mol. The number of nitrogens with two attached hydrogens (primary N) is 1. The summed E-state index contributed by atoms with van der Waals surface area (Å²) in [4.78, 5) is 13.0. The number of benzene rings is 1. The van der Waals surface area contributed by atoms with E-state index in [1.807, 2.05) is 4.90 Å². The predicted molar refractivity (Wildman–Crippen MR) is 79.0 cm³/mol. The van der Waals surface area contributed by atoms with Crippen LogP contribution in [0.3, 0.4) is 0 Å². The number of methoxy groups -OCH3 is 1. The minimum absolute atomic E-state index is 0.0443. The Morgan fingerprint density at radius 2 is 2.20 bits per heavy atom. The van der Waals surface area contributed by atoms with Crippen LogP contribution in [0.1, 0.15) is 25.3 Å². The van der Waals surface area contributed by atoms with E-state index in [4.69, 9.17) is 22.1 Å². The van der Waals surface area contributed by atoms with Crippen molar-refractivity contribution in [1.82, 2.24) is 4.90 Å². The largest absolute Gasteiger partial charge is 0.504 e. The second kappa shape index (κ2) is 7.97. The minimum Gasteiger partial charge on any atom is -0.504 e. The number of aromatic hydroxyl groups is 1. The Morgan fingerprint density at radius 3 is 2.75 bits per heavy atom. The highest BCUT2D eigenvalue weighted by atomic mass is 35.5. The molecule has 1 amide bonds. The van der Waals surface area contributed by atoms with Crippen molar-refractivity contribution in [3.8, 4) is 11.5 Å². The molecule has 0 unspecified atom stereocenters. The van der Waals surface area contributed by atoms with Crippen LogP contribution in [0.4, 0.5) is 0 Å². The third kappa shape index (κ3) is 4.90. The smallest absolute Gasteiger partial charge is 0.231 e. The van der Waals surface area contributed by atoms with Crippen molar-refractivity contribution in [2.75, 3.05) is 20.2 Å². The Kier molecular flexibility index (Phi) is 6.61. The van der Waals surface area contributed by atoms with Gasteiger partial charge in [-0.3, -0.25) is 9.69 Å². The summed E-state index contributed by atoms with van der Waals surface area (Å²) in [6.45, 7) is 3.34. The van der Waals surface area contributed by atoms with Crippen molar-refractivity contribution in [3.63, 3.8) is 0 Å². The van der Waals surface area contributed by atoms with Gasteiger partial charge in [-0.2, -0.15) is 0 Å². The van der Waals surface area contributed by atoms with Crippen molar-refractivity contribution < 1.29 is 14.6 Å². The molecule has 5 nitrogen and oxygen atoms in total. The molecule has 0 aliphatic rings. The summed E-state index contributed by atoms with van der Waals surface area (Å²) in [5, 5.41) is 10.6. The van der Waals surface area contributed by atoms with Crippen LogP contribution in [-0.4, -0.2) is 36.1 Å². The lowest BCUT2D eigenvalue weighted by molar-refractivity contribution is -0.119. The molecule has 0 saturated carbocycles. The molecule has 0 fully saturated rings. The average Bonchev–Trinajstić information content (AvgIpc) is 2.39. The first kappa shape index (κ1) is 16.6. The van der Waals surface area contributed by atoms with Crippen molar-refractivity contribution in [1.29, 1.82) is 0 Å². The predicted octanol–water partition coefficient (Wildman–Crippen LogP) is 2.14. The number of amides is 1. The summed E-state index contributed by atoms with van der Waals surface area (Å²) in [7, 11) is 1.47.